The van der Waals surface area contributed by atoms with Gasteiger partial charge in [-0.3, -0.25) is 0 Å². The molecule has 3 aromatic rings. The molecule has 6 nitrogen and oxygen atoms in total. The molecule has 0 saturated carbocycles. The van der Waals surface area contributed by atoms with E-state index in [1.165, 1.54) is 16.2 Å². The second-order valence-electron chi connectivity index (χ2n) is 6.12. The minimum absolute atomic E-state index is 0.0128. The number of quaternary nitrogens is 1. The number of hydrogen-bond donors (Lipinski definition) is 2. The zero-order valence-corrected chi connectivity index (χ0v) is 15.5. The summed E-state index contributed by atoms with van der Waals surface area (Å²) in [5.41, 5.74) is 1.08. The van der Waals surface area contributed by atoms with Crippen LogP contribution in [0.3, 0.4) is 0 Å². The number of ether oxygens (including phenoxy) is 1. The van der Waals surface area contributed by atoms with Gasteiger partial charge in [-0.25, -0.2) is 4.98 Å². The first-order valence-electron chi connectivity index (χ1n) is 8.42. The summed E-state index contributed by atoms with van der Waals surface area (Å²) in [7, 11) is 0. The molecule has 0 spiro atoms. The van der Waals surface area contributed by atoms with Crippen molar-refractivity contribution < 1.29 is 14.7 Å². The molecule has 25 heavy (non-hydrogen) atoms. The number of rotatable bonds is 4. The Morgan fingerprint density at radius 1 is 1.40 bits per heavy atom. The van der Waals surface area contributed by atoms with Crippen LogP contribution in [0.25, 0.3) is 4.96 Å². The Morgan fingerprint density at radius 2 is 2.20 bits per heavy atom. The van der Waals surface area contributed by atoms with Crippen molar-refractivity contribution in [2.45, 2.75) is 19.4 Å². The summed E-state index contributed by atoms with van der Waals surface area (Å²) in [5.74, 6) is 0.919. The molecular weight excluding hydrogens is 360 g/mol. The normalized spacial score (nSPS) is 17.2. The van der Waals surface area contributed by atoms with Gasteiger partial charge in [0.2, 0.25) is 10.8 Å². The van der Waals surface area contributed by atoms with Crippen LogP contribution in [0.2, 0.25) is 5.02 Å². The van der Waals surface area contributed by atoms with E-state index in [4.69, 9.17) is 16.3 Å². The molecule has 1 aliphatic heterocycles. The van der Waals surface area contributed by atoms with Gasteiger partial charge in [-0.2, -0.15) is 4.52 Å². The lowest BCUT2D eigenvalue weighted by molar-refractivity contribution is -0.932. The molecule has 8 heteroatoms. The fraction of sp³-hybridized carbons (Fsp3) is 0.412. The molecule has 0 aliphatic carbocycles. The first kappa shape index (κ1) is 16.8. The second kappa shape index (κ2) is 6.92. The zero-order chi connectivity index (χ0) is 17.4. The number of fused-ring (bicyclic) bond motifs is 1. The van der Waals surface area contributed by atoms with Gasteiger partial charge in [0.05, 0.1) is 13.2 Å². The Kier molecular flexibility index (Phi) is 4.64. The Balaban J connectivity index is 1.82. The SMILES string of the molecule is CCc1nc2sc([C@@H](c3cccc(Cl)c3)[NH+]3CCOCC3)c(O)n2n1. The molecule has 0 radical (unpaired) electrons. The largest absolute Gasteiger partial charge is 0.492 e. The van der Waals surface area contributed by atoms with Crippen molar-refractivity contribution in [2.24, 2.45) is 0 Å². The van der Waals surface area contributed by atoms with E-state index in [1.54, 1.807) is 4.52 Å². The molecule has 132 valence electrons. The standard InChI is InChI=1S/C17H19ClN4O2S/c1-2-13-19-17-22(20-13)16(23)15(25-17)14(21-6-8-24-9-7-21)11-4-3-5-12(18)10-11/h3-5,10,14,23H,2,6-9H2,1H3/p+1/t14-/m1/s1. The van der Waals surface area contributed by atoms with E-state index in [2.05, 4.69) is 16.1 Å². The summed E-state index contributed by atoms with van der Waals surface area (Å²) < 4.78 is 7.07. The van der Waals surface area contributed by atoms with E-state index in [0.717, 1.165) is 40.7 Å². The predicted octanol–water partition coefficient (Wildman–Crippen LogP) is 1.72. The maximum absolute atomic E-state index is 10.8. The molecular formula is C17H20ClN4O2S+. The third-order valence-corrected chi connectivity index (χ3v) is 5.87. The van der Waals surface area contributed by atoms with E-state index < -0.39 is 0 Å². The van der Waals surface area contributed by atoms with E-state index in [1.807, 2.05) is 25.1 Å². The van der Waals surface area contributed by atoms with Crippen molar-refractivity contribution >= 4 is 27.9 Å². The molecule has 1 atom stereocenters. The average Bonchev–Trinajstić information content (AvgIpc) is 3.16. The summed E-state index contributed by atoms with van der Waals surface area (Å²) >= 11 is 7.73. The number of nitrogens with one attached hydrogen (secondary N) is 1. The molecule has 0 amide bonds. The van der Waals surface area contributed by atoms with Crippen molar-refractivity contribution in [1.29, 1.82) is 0 Å². The molecule has 0 bridgehead atoms. The molecule has 2 N–H and O–H groups in total. The number of nitrogens with zero attached hydrogens (tertiary/aromatic N) is 3. The van der Waals surface area contributed by atoms with E-state index in [-0.39, 0.29) is 11.9 Å². The maximum atomic E-state index is 10.8. The van der Waals surface area contributed by atoms with Gasteiger partial charge in [0.25, 0.3) is 0 Å². The van der Waals surface area contributed by atoms with E-state index >= 15 is 0 Å². The third-order valence-electron chi connectivity index (χ3n) is 4.55. The summed E-state index contributed by atoms with van der Waals surface area (Å²) in [6.45, 7) is 5.20. The van der Waals surface area contributed by atoms with Gasteiger partial charge in [0.1, 0.15) is 18.0 Å². The maximum Gasteiger partial charge on any atom is 0.235 e. The van der Waals surface area contributed by atoms with Crippen LogP contribution >= 0.6 is 22.9 Å². The smallest absolute Gasteiger partial charge is 0.235 e. The van der Waals surface area contributed by atoms with Gasteiger partial charge in [-0.1, -0.05) is 42.0 Å². The van der Waals surface area contributed by atoms with Crippen LogP contribution in [0.5, 0.6) is 5.88 Å². The number of aryl methyl sites for hydroxylation is 1. The molecule has 3 heterocycles. The lowest BCUT2D eigenvalue weighted by Gasteiger charge is -2.31. The van der Waals surface area contributed by atoms with Crippen LogP contribution < -0.4 is 4.90 Å². The predicted molar refractivity (Wildman–Crippen MR) is 96.7 cm³/mol. The number of hydrogen-bond acceptors (Lipinski definition) is 5. The molecule has 4 rings (SSSR count). The van der Waals surface area contributed by atoms with Crippen LogP contribution in [0.1, 0.15) is 29.2 Å². The molecule has 0 unspecified atom stereocenters. The first-order valence-corrected chi connectivity index (χ1v) is 9.62. The fourth-order valence-corrected chi connectivity index (χ4v) is 4.67. The summed E-state index contributed by atoms with van der Waals surface area (Å²) in [6.07, 6.45) is 0.746. The van der Waals surface area contributed by atoms with E-state index in [9.17, 15) is 5.11 Å². The summed E-state index contributed by atoms with van der Waals surface area (Å²) in [5, 5.41) is 15.9. The lowest BCUT2D eigenvalue weighted by atomic mass is 10.0. The molecule has 2 aromatic heterocycles. The molecule has 1 fully saturated rings. The minimum atomic E-state index is -0.0128. The number of morpholine rings is 1. The highest BCUT2D eigenvalue weighted by molar-refractivity contribution is 7.17. The third kappa shape index (κ3) is 3.13. The van der Waals surface area contributed by atoms with E-state index in [0.29, 0.717) is 18.2 Å². The van der Waals surface area contributed by atoms with Crippen LogP contribution in [-0.2, 0) is 11.2 Å². The Hall–Kier alpha value is -1.67. The van der Waals surface area contributed by atoms with Crippen LogP contribution in [0.15, 0.2) is 24.3 Å². The van der Waals surface area contributed by atoms with Crippen LogP contribution in [0.4, 0.5) is 0 Å². The van der Waals surface area contributed by atoms with Gasteiger partial charge < -0.3 is 14.7 Å². The van der Waals surface area contributed by atoms with Crippen LogP contribution in [0, 0.1) is 0 Å². The van der Waals surface area contributed by atoms with Gasteiger partial charge in [0.15, 0.2) is 11.9 Å². The molecule has 1 aliphatic rings. The molecule has 1 aromatic carbocycles. The number of halogens is 1. The van der Waals surface area contributed by atoms with Crippen molar-refractivity contribution in [3.8, 4) is 5.88 Å². The zero-order valence-electron chi connectivity index (χ0n) is 13.9. The lowest BCUT2D eigenvalue weighted by Crippen LogP contribution is -3.14. The van der Waals surface area contributed by atoms with Crippen molar-refractivity contribution in [3.05, 3.63) is 45.6 Å². The molecule has 1 saturated heterocycles. The van der Waals surface area contributed by atoms with Gasteiger partial charge >= 0.3 is 0 Å². The van der Waals surface area contributed by atoms with Crippen molar-refractivity contribution in [2.75, 3.05) is 26.3 Å². The minimum Gasteiger partial charge on any atom is -0.492 e. The van der Waals surface area contributed by atoms with Crippen LogP contribution in [-0.4, -0.2) is 46.0 Å². The number of aromatic hydroxyl groups is 1. The number of benzene rings is 1. The Bertz CT molecular complexity index is 888. The van der Waals surface area contributed by atoms with Gasteiger partial charge in [-0.15, -0.1) is 5.10 Å². The Morgan fingerprint density at radius 3 is 2.88 bits per heavy atom. The quantitative estimate of drug-likeness (QED) is 0.724. The van der Waals surface area contributed by atoms with Crippen molar-refractivity contribution in [1.82, 2.24) is 14.6 Å². The summed E-state index contributed by atoms with van der Waals surface area (Å²) in [4.78, 5) is 7.45. The van der Waals surface area contributed by atoms with Gasteiger partial charge in [-0.05, 0) is 12.1 Å². The monoisotopic (exact) mass is 379 g/mol. The Labute approximate surface area is 154 Å². The van der Waals surface area contributed by atoms with Crippen molar-refractivity contribution in [3.63, 3.8) is 0 Å². The fourth-order valence-electron chi connectivity index (χ4n) is 3.31. The average molecular weight is 380 g/mol. The van der Waals surface area contributed by atoms with Gasteiger partial charge in [0, 0.05) is 17.0 Å². The highest BCUT2D eigenvalue weighted by atomic mass is 35.5. The number of aromatic nitrogens is 3. The second-order valence-corrected chi connectivity index (χ2v) is 7.57. The first-order chi connectivity index (χ1) is 12.2. The number of thiazole rings is 1. The highest BCUT2D eigenvalue weighted by Crippen LogP contribution is 2.35. The summed E-state index contributed by atoms with van der Waals surface area (Å²) in [6, 6.07) is 7.84. The topological polar surface area (TPSA) is 64.1 Å². The highest BCUT2D eigenvalue weighted by Gasteiger charge is 2.34.